The van der Waals surface area contributed by atoms with Gasteiger partial charge in [-0.05, 0) is 24.8 Å². The summed E-state index contributed by atoms with van der Waals surface area (Å²) in [5.41, 5.74) is 0. The van der Waals surface area contributed by atoms with Gasteiger partial charge >= 0.3 is 0 Å². The fourth-order valence-corrected chi connectivity index (χ4v) is 1.94. The van der Waals surface area contributed by atoms with E-state index in [9.17, 15) is 0 Å². The van der Waals surface area contributed by atoms with Crippen LogP contribution < -0.4 is 5.32 Å². The Kier molecular flexibility index (Phi) is 11.9. The van der Waals surface area contributed by atoms with Crippen molar-refractivity contribution < 1.29 is 4.74 Å². The molecule has 18 heavy (non-hydrogen) atoms. The van der Waals surface area contributed by atoms with Crippen LogP contribution in [0.25, 0.3) is 0 Å². The Hall–Kier alpha value is -0.0800. The Bertz CT molecular complexity index is 168. The molecule has 0 amide bonds. The highest BCUT2D eigenvalue weighted by atomic mass is 16.5. The SMILES string of the molecule is CCCCCCCOC(CNCC(C)C)C(C)C. The number of hydrogen-bond donors (Lipinski definition) is 1. The summed E-state index contributed by atoms with van der Waals surface area (Å²) in [4.78, 5) is 0. The first kappa shape index (κ1) is 17.9. The van der Waals surface area contributed by atoms with E-state index < -0.39 is 0 Å². The molecule has 110 valence electrons. The average Bonchev–Trinajstić information content (AvgIpc) is 2.30. The summed E-state index contributed by atoms with van der Waals surface area (Å²) in [5.74, 6) is 1.31. The summed E-state index contributed by atoms with van der Waals surface area (Å²) in [6, 6.07) is 0. The van der Waals surface area contributed by atoms with Gasteiger partial charge in [0.2, 0.25) is 0 Å². The van der Waals surface area contributed by atoms with Gasteiger partial charge in [-0.15, -0.1) is 0 Å². The van der Waals surface area contributed by atoms with E-state index in [1.807, 2.05) is 0 Å². The molecule has 0 fully saturated rings. The van der Waals surface area contributed by atoms with Crippen molar-refractivity contribution >= 4 is 0 Å². The minimum atomic E-state index is 0.370. The van der Waals surface area contributed by atoms with E-state index in [-0.39, 0.29) is 0 Å². The summed E-state index contributed by atoms with van der Waals surface area (Å²) in [6.45, 7) is 14.2. The summed E-state index contributed by atoms with van der Waals surface area (Å²) in [6.07, 6.45) is 6.94. The van der Waals surface area contributed by atoms with Crippen LogP contribution in [0.15, 0.2) is 0 Å². The number of unbranched alkanes of at least 4 members (excludes halogenated alkanes) is 4. The van der Waals surface area contributed by atoms with E-state index in [0.29, 0.717) is 17.9 Å². The summed E-state index contributed by atoms with van der Waals surface area (Å²) >= 11 is 0. The molecule has 1 N–H and O–H groups in total. The van der Waals surface area contributed by atoms with Crippen LogP contribution in [0.1, 0.15) is 66.7 Å². The van der Waals surface area contributed by atoms with Gasteiger partial charge in [0.25, 0.3) is 0 Å². The van der Waals surface area contributed by atoms with Crippen molar-refractivity contribution in [3.05, 3.63) is 0 Å². The molecule has 1 unspecified atom stereocenters. The molecule has 2 nitrogen and oxygen atoms in total. The second-order valence-corrected chi connectivity index (χ2v) is 6.12. The number of nitrogens with one attached hydrogen (secondary N) is 1. The van der Waals surface area contributed by atoms with E-state index >= 15 is 0 Å². The fourth-order valence-electron chi connectivity index (χ4n) is 1.94. The summed E-state index contributed by atoms with van der Waals surface area (Å²) in [7, 11) is 0. The molecule has 0 aliphatic heterocycles. The first-order valence-electron chi connectivity index (χ1n) is 7.90. The lowest BCUT2D eigenvalue weighted by atomic mass is 10.1. The lowest BCUT2D eigenvalue weighted by molar-refractivity contribution is 0.0205. The molecule has 0 spiro atoms. The topological polar surface area (TPSA) is 21.3 Å². The van der Waals surface area contributed by atoms with Crippen LogP contribution in [0.3, 0.4) is 0 Å². The Morgan fingerprint density at radius 3 is 2.11 bits per heavy atom. The Morgan fingerprint density at radius 2 is 1.56 bits per heavy atom. The van der Waals surface area contributed by atoms with Gasteiger partial charge in [0.15, 0.2) is 0 Å². The predicted octanol–water partition coefficient (Wildman–Crippen LogP) is 4.24. The second-order valence-electron chi connectivity index (χ2n) is 6.12. The van der Waals surface area contributed by atoms with Crippen LogP contribution in [0.5, 0.6) is 0 Å². The maximum Gasteiger partial charge on any atom is 0.0722 e. The van der Waals surface area contributed by atoms with Gasteiger partial charge in [-0.25, -0.2) is 0 Å². The molecule has 0 aromatic rings. The fraction of sp³-hybridized carbons (Fsp3) is 1.00. The third-order valence-electron chi connectivity index (χ3n) is 3.22. The zero-order valence-electron chi connectivity index (χ0n) is 13.3. The monoisotopic (exact) mass is 257 g/mol. The average molecular weight is 257 g/mol. The van der Waals surface area contributed by atoms with Crippen molar-refractivity contribution in [1.29, 1.82) is 0 Å². The van der Waals surface area contributed by atoms with Gasteiger partial charge in [-0.2, -0.15) is 0 Å². The van der Waals surface area contributed by atoms with Gasteiger partial charge in [0.1, 0.15) is 0 Å². The molecule has 0 aromatic heterocycles. The van der Waals surface area contributed by atoms with E-state index in [1.54, 1.807) is 0 Å². The Morgan fingerprint density at radius 1 is 0.889 bits per heavy atom. The Labute approximate surface area is 115 Å². The third-order valence-corrected chi connectivity index (χ3v) is 3.22. The van der Waals surface area contributed by atoms with Crippen LogP contribution in [-0.2, 0) is 4.74 Å². The number of ether oxygens (including phenoxy) is 1. The zero-order valence-corrected chi connectivity index (χ0v) is 13.3. The molecule has 1 atom stereocenters. The van der Waals surface area contributed by atoms with Gasteiger partial charge in [-0.1, -0.05) is 60.3 Å². The first-order valence-corrected chi connectivity index (χ1v) is 7.90. The van der Waals surface area contributed by atoms with Crippen LogP contribution >= 0.6 is 0 Å². The number of rotatable bonds is 12. The third kappa shape index (κ3) is 11.0. The smallest absolute Gasteiger partial charge is 0.0722 e. The van der Waals surface area contributed by atoms with Crippen molar-refractivity contribution in [3.8, 4) is 0 Å². The first-order chi connectivity index (χ1) is 8.57. The van der Waals surface area contributed by atoms with E-state index in [0.717, 1.165) is 19.7 Å². The minimum absolute atomic E-state index is 0.370. The normalized spacial score (nSPS) is 13.5. The van der Waals surface area contributed by atoms with E-state index in [1.165, 1.54) is 32.1 Å². The summed E-state index contributed by atoms with van der Waals surface area (Å²) < 4.78 is 6.00. The lowest BCUT2D eigenvalue weighted by Crippen LogP contribution is -2.35. The lowest BCUT2D eigenvalue weighted by Gasteiger charge is -2.22. The highest BCUT2D eigenvalue weighted by Gasteiger charge is 2.13. The van der Waals surface area contributed by atoms with Gasteiger partial charge in [0.05, 0.1) is 6.10 Å². The maximum absolute atomic E-state index is 6.00. The molecule has 0 rings (SSSR count). The van der Waals surface area contributed by atoms with Gasteiger partial charge in [-0.3, -0.25) is 0 Å². The quantitative estimate of drug-likeness (QED) is 0.528. The van der Waals surface area contributed by atoms with Crippen LogP contribution in [0.4, 0.5) is 0 Å². The van der Waals surface area contributed by atoms with E-state index in [2.05, 4.69) is 39.9 Å². The number of hydrogen-bond acceptors (Lipinski definition) is 2. The largest absolute Gasteiger partial charge is 0.377 e. The molecular weight excluding hydrogens is 222 g/mol. The van der Waals surface area contributed by atoms with Crippen molar-refractivity contribution in [2.24, 2.45) is 11.8 Å². The van der Waals surface area contributed by atoms with Crippen LogP contribution in [0.2, 0.25) is 0 Å². The van der Waals surface area contributed by atoms with Crippen molar-refractivity contribution in [3.63, 3.8) is 0 Å². The van der Waals surface area contributed by atoms with Crippen molar-refractivity contribution in [2.45, 2.75) is 72.8 Å². The molecule has 0 heterocycles. The maximum atomic E-state index is 6.00. The molecule has 0 saturated carbocycles. The zero-order chi connectivity index (χ0) is 13.8. The van der Waals surface area contributed by atoms with Crippen molar-refractivity contribution in [2.75, 3.05) is 19.7 Å². The minimum Gasteiger partial charge on any atom is -0.377 e. The molecule has 0 radical (unpaired) electrons. The molecule has 0 aliphatic rings. The van der Waals surface area contributed by atoms with Crippen LogP contribution in [-0.4, -0.2) is 25.8 Å². The molecule has 0 aliphatic carbocycles. The molecule has 2 heteroatoms. The van der Waals surface area contributed by atoms with Gasteiger partial charge < -0.3 is 10.1 Å². The highest BCUT2D eigenvalue weighted by Crippen LogP contribution is 2.08. The molecule has 0 aromatic carbocycles. The summed E-state index contributed by atoms with van der Waals surface area (Å²) in [5, 5.41) is 3.50. The standard InChI is InChI=1S/C16H35NO/c1-6-7-8-9-10-11-18-16(15(4)5)13-17-12-14(2)3/h14-17H,6-13H2,1-5H3. The second kappa shape index (κ2) is 12.0. The highest BCUT2D eigenvalue weighted by molar-refractivity contribution is 4.66. The van der Waals surface area contributed by atoms with E-state index in [4.69, 9.17) is 4.74 Å². The molecule has 0 saturated heterocycles. The van der Waals surface area contributed by atoms with Crippen LogP contribution in [0, 0.1) is 11.8 Å². The van der Waals surface area contributed by atoms with Crippen molar-refractivity contribution in [1.82, 2.24) is 5.32 Å². The molecular formula is C16H35NO. The Balaban J connectivity index is 3.57. The van der Waals surface area contributed by atoms with Gasteiger partial charge in [0, 0.05) is 13.2 Å². The predicted molar refractivity (Wildman–Crippen MR) is 81.0 cm³/mol. The molecule has 0 bridgehead atoms.